The van der Waals surface area contributed by atoms with Crippen LogP contribution in [0.3, 0.4) is 0 Å². The SMILES string of the molecule is CN=C(NCc1cccc(C)n1)N1CC(C)(C)C1(C)C. The van der Waals surface area contributed by atoms with Gasteiger partial charge in [-0.1, -0.05) is 19.9 Å². The second kappa shape index (κ2) is 5.08. The Kier molecular flexibility index (Phi) is 3.76. The van der Waals surface area contributed by atoms with Gasteiger partial charge in [-0.05, 0) is 32.9 Å². The number of hydrogen-bond donors (Lipinski definition) is 1. The molecule has 2 heterocycles. The van der Waals surface area contributed by atoms with E-state index < -0.39 is 0 Å². The number of nitrogens with one attached hydrogen (secondary N) is 1. The third-order valence-electron chi connectivity index (χ3n) is 4.73. The molecule has 1 saturated heterocycles. The molecule has 0 saturated carbocycles. The van der Waals surface area contributed by atoms with Crippen LogP contribution in [-0.4, -0.2) is 35.0 Å². The van der Waals surface area contributed by atoms with Crippen LogP contribution in [0.15, 0.2) is 23.2 Å². The topological polar surface area (TPSA) is 40.5 Å². The van der Waals surface area contributed by atoms with Crippen LogP contribution in [0.4, 0.5) is 0 Å². The fourth-order valence-corrected chi connectivity index (χ4v) is 2.56. The predicted octanol–water partition coefficient (Wildman–Crippen LogP) is 2.59. The van der Waals surface area contributed by atoms with E-state index >= 15 is 0 Å². The summed E-state index contributed by atoms with van der Waals surface area (Å²) in [6, 6.07) is 6.09. The molecule has 1 N–H and O–H groups in total. The van der Waals surface area contributed by atoms with Crippen molar-refractivity contribution < 1.29 is 0 Å². The van der Waals surface area contributed by atoms with Gasteiger partial charge in [-0.25, -0.2) is 0 Å². The standard InChI is InChI=1S/C16H26N4/c1-12-8-7-9-13(19-12)10-18-14(17-6)20-11-15(2,3)16(20,4)5/h7-9H,10-11H2,1-6H3,(H,17,18). The van der Waals surface area contributed by atoms with E-state index in [1.54, 1.807) is 0 Å². The number of likely N-dealkylation sites (tertiary alicyclic amines) is 1. The summed E-state index contributed by atoms with van der Waals surface area (Å²) >= 11 is 0. The first-order chi connectivity index (χ1) is 9.28. The van der Waals surface area contributed by atoms with E-state index in [9.17, 15) is 0 Å². The normalized spacial score (nSPS) is 20.5. The van der Waals surface area contributed by atoms with E-state index in [-0.39, 0.29) is 5.54 Å². The van der Waals surface area contributed by atoms with Gasteiger partial charge in [-0.3, -0.25) is 9.98 Å². The molecule has 110 valence electrons. The highest BCUT2D eigenvalue weighted by Crippen LogP contribution is 2.46. The lowest BCUT2D eigenvalue weighted by molar-refractivity contribution is -0.0668. The lowest BCUT2D eigenvalue weighted by atomic mass is 9.65. The molecule has 0 amide bonds. The van der Waals surface area contributed by atoms with Crippen LogP contribution in [0.1, 0.15) is 39.1 Å². The Morgan fingerprint density at radius 1 is 1.35 bits per heavy atom. The Balaban J connectivity index is 2.02. The Bertz CT molecular complexity index is 517. The fourth-order valence-electron chi connectivity index (χ4n) is 2.56. The highest BCUT2D eigenvalue weighted by atomic mass is 15.4. The summed E-state index contributed by atoms with van der Waals surface area (Å²) in [5.74, 6) is 0.956. The van der Waals surface area contributed by atoms with E-state index in [0.29, 0.717) is 12.0 Å². The van der Waals surface area contributed by atoms with Gasteiger partial charge in [0.25, 0.3) is 0 Å². The van der Waals surface area contributed by atoms with Crippen molar-refractivity contribution in [2.24, 2.45) is 10.4 Å². The van der Waals surface area contributed by atoms with Gasteiger partial charge >= 0.3 is 0 Å². The molecule has 1 aromatic rings. The first-order valence-corrected chi connectivity index (χ1v) is 7.19. The van der Waals surface area contributed by atoms with Gasteiger partial charge in [0.15, 0.2) is 5.96 Å². The summed E-state index contributed by atoms with van der Waals surface area (Å²) in [6.07, 6.45) is 0. The van der Waals surface area contributed by atoms with Crippen molar-refractivity contribution in [2.75, 3.05) is 13.6 Å². The van der Waals surface area contributed by atoms with Crippen LogP contribution in [0.5, 0.6) is 0 Å². The average Bonchev–Trinajstić information content (AvgIpc) is 2.38. The van der Waals surface area contributed by atoms with Crippen molar-refractivity contribution in [3.05, 3.63) is 29.6 Å². The second-order valence-corrected chi connectivity index (χ2v) is 6.70. The maximum atomic E-state index is 4.51. The van der Waals surface area contributed by atoms with Crippen molar-refractivity contribution in [1.29, 1.82) is 0 Å². The number of nitrogens with zero attached hydrogens (tertiary/aromatic N) is 3. The molecule has 1 aliphatic heterocycles. The molecule has 0 spiro atoms. The zero-order valence-corrected chi connectivity index (χ0v) is 13.5. The van der Waals surface area contributed by atoms with Gasteiger partial charge in [0.1, 0.15) is 0 Å². The summed E-state index contributed by atoms with van der Waals surface area (Å²) in [5.41, 5.74) is 2.52. The van der Waals surface area contributed by atoms with Crippen LogP contribution in [0.25, 0.3) is 0 Å². The molecule has 1 fully saturated rings. The van der Waals surface area contributed by atoms with Gasteiger partial charge in [0.2, 0.25) is 0 Å². The minimum Gasteiger partial charge on any atom is -0.351 e. The van der Waals surface area contributed by atoms with Crippen LogP contribution in [-0.2, 0) is 6.54 Å². The largest absolute Gasteiger partial charge is 0.351 e. The Morgan fingerprint density at radius 3 is 2.55 bits per heavy atom. The number of guanidine groups is 1. The Labute approximate surface area is 122 Å². The zero-order valence-electron chi connectivity index (χ0n) is 13.5. The van der Waals surface area contributed by atoms with Crippen molar-refractivity contribution in [3.8, 4) is 0 Å². The summed E-state index contributed by atoms with van der Waals surface area (Å²) < 4.78 is 0. The summed E-state index contributed by atoms with van der Waals surface area (Å²) in [6.45, 7) is 12.9. The minimum atomic E-state index is 0.120. The molecule has 0 radical (unpaired) electrons. The summed E-state index contributed by atoms with van der Waals surface area (Å²) in [5, 5.41) is 3.42. The molecule has 0 atom stereocenters. The van der Waals surface area contributed by atoms with E-state index in [1.165, 1.54) is 0 Å². The second-order valence-electron chi connectivity index (χ2n) is 6.70. The minimum absolute atomic E-state index is 0.120. The quantitative estimate of drug-likeness (QED) is 0.665. The molecule has 0 aliphatic carbocycles. The molecule has 4 heteroatoms. The number of rotatable bonds is 2. The zero-order chi connectivity index (χ0) is 15.0. The molecule has 2 rings (SSSR count). The van der Waals surface area contributed by atoms with Crippen LogP contribution >= 0.6 is 0 Å². The maximum absolute atomic E-state index is 4.51. The smallest absolute Gasteiger partial charge is 0.194 e. The van der Waals surface area contributed by atoms with Crippen molar-refractivity contribution in [3.63, 3.8) is 0 Å². The van der Waals surface area contributed by atoms with Gasteiger partial charge in [0, 0.05) is 30.2 Å². The van der Waals surface area contributed by atoms with Crippen LogP contribution in [0, 0.1) is 12.3 Å². The summed E-state index contributed by atoms with van der Waals surface area (Å²) in [4.78, 5) is 11.3. The molecular formula is C16H26N4. The highest BCUT2D eigenvalue weighted by molar-refractivity contribution is 5.81. The molecular weight excluding hydrogens is 248 g/mol. The molecule has 0 unspecified atom stereocenters. The fraction of sp³-hybridized carbons (Fsp3) is 0.625. The van der Waals surface area contributed by atoms with E-state index in [4.69, 9.17) is 0 Å². The molecule has 0 bridgehead atoms. The Morgan fingerprint density at radius 2 is 2.05 bits per heavy atom. The van der Waals surface area contributed by atoms with Crippen molar-refractivity contribution in [1.82, 2.24) is 15.2 Å². The van der Waals surface area contributed by atoms with Crippen LogP contribution < -0.4 is 5.32 Å². The van der Waals surface area contributed by atoms with Gasteiger partial charge in [0.05, 0.1) is 12.2 Å². The van der Waals surface area contributed by atoms with Gasteiger partial charge in [-0.15, -0.1) is 0 Å². The van der Waals surface area contributed by atoms with E-state index in [2.05, 4.69) is 47.9 Å². The number of pyridine rings is 1. The number of hydrogen-bond acceptors (Lipinski definition) is 2. The van der Waals surface area contributed by atoms with Crippen molar-refractivity contribution >= 4 is 5.96 Å². The first kappa shape index (κ1) is 14.8. The third-order valence-corrected chi connectivity index (χ3v) is 4.73. The van der Waals surface area contributed by atoms with Crippen LogP contribution in [0.2, 0.25) is 0 Å². The lowest BCUT2D eigenvalue weighted by Crippen LogP contribution is -2.72. The molecule has 4 nitrogen and oxygen atoms in total. The molecule has 1 aliphatic rings. The number of aliphatic imine (C=N–C) groups is 1. The number of aromatic nitrogens is 1. The maximum Gasteiger partial charge on any atom is 0.194 e. The summed E-state index contributed by atoms with van der Waals surface area (Å²) in [7, 11) is 1.84. The van der Waals surface area contributed by atoms with Crippen molar-refractivity contribution in [2.45, 2.75) is 46.7 Å². The predicted molar refractivity (Wildman–Crippen MR) is 83.7 cm³/mol. The molecule has 20 heavy (non-hydrogen) atoms. The number of aryl methyl sites for hydroxylation is 1. The van der Waals surface area contributed by atoms with Gasteiger partial charge in [-0.2, -0.15) is 0 Å². The lowest BCUT2D eigenvalue weighted by Gasteiger charge is -2.62. The Hall–Kier alpha value is -1.58. The van der Waals surface area contributed by atoms with E-state index in [1.807, 2.05) is 32.2 Å². The molecule has 0 aromatic carbocycles. The third kappa shape index (κ3) is 2.51. The monoisotopic (exact) mass is 274 g/mol. The van der Waals surface area contributed by atoms with Gasteiger partial charge < -0.3 is 10.2 Å². The molecule has 1 aromatic heterocycles. The van der Waals surface area contributed by atoms with E-state index in [0.717, 1.165) is 23.9 Å². The average molecular weight is 274 g/mol. The highest BCUT2D eigenvalue weighted by Gasteiger charge is 2.53. The first-order valence-electron chi connectivity index (χ1n) is 7.19.